The molecule has 1 amide bonds. The van der Waals surface area contributed by atoms with E-state index in [0.29, 0.717) is 5.56 Å². The third-order valence-corrected chi connectivity index (χ3v) is 6.94. The van der Waals surface area contributed by atoms with E-state index in [-0.39, 0.29) is 29.6 Å². The summed E-state index contributed by atoms with van der Waals surface area (Å²) >= 11 is 0. The van der Waals surface area contributed by atoms with Crippen LogP contribution in [0.3, 0.4) is 0 Å². The van der Waals surface area contributed by atoms with E-state index in [1.54, 1.807) is 11.0 Å². The van der Waals surface area contributed by atoms with Gasteiger partial charge in [0.2, 0.25) is 0 Å². The number of ether oxygens (including phenoxy) is 2. The van der Waals surface area contributed by atoms with Crippen LogP contribution in [0.25, 0.3) is 5.76 Å². The third-order valence-electron chi connectivity index (χ3n) is 6.94. The highest BCUT2D eigenvalue weighted by Crippen LogP contribution is 2.44. The lowest BCUT2D eigenvalue weighted by Crippen LogP contribution is -2.37. The van der Waals surface area contributed by atoms with Gasteiger partial charge in [-0.3, -0.25) is 9.59 Å². The molecule has 1 saturated carbocycles. The van der Waals surface area contributed by atoms with Gasteiger partial charge in [-0.05, 0) is 75.1 Å². The summed E-state index contributed by atoms with van der Waals surface area (Å²) in [6.07, 6.45) is 4.66. The molecule has 2 atom stereocenters. The lowest BCUT2D eigenvalue weighted by atomic mass is 9.94. The first kappa shape index (κ1) is 22.5. The molecule has 2 aromatic rings. The Balaban J connectivity index is 1.60. The molecule has 5 rings (SSSR count). The van der Waals surface area contributed by atoms with Gasteiger partial charge in [0.15, 0.2) is 0 Å². The van der Waals surface area contributed by atoms with Gasteiger partial charge in [0.25, 0.3) is 11.7 Å². The zero-order chi connectivity index (χ0) is 24.0. The summed E-state index contributed by atoms with van der Waals surface area (Å²) in [6.45, 7) is 5.93. The Kier molecular flexibility index (Phi) is 5.84. The quantitative estimate of drug-likeness (QED) is 0.378. The summed E-state index contributed by atoms with van der Waals surface area (Å²) in [5.41, 5.74) is 2.47. The summed E-state index contributed by atoms with van der Waals surface area (Å²) in [5, 5.41) is 11.4. The molecule has 3 aliphatic rings. The minimum Gasteiger partial charge on any atom is -0.507 e. The second kappa shape index (κ2) is 8.82. The van der Waals surface area contributed by atoms with Gasteiger partial charge in [0.1, 0.15) is 23.4 Å². The number of amides is 1. The number of carbonyl (C=O) groups is 2. The first-order valence-electron chi connectivity index (χ1n) is 12.2. The number of carbonyl (C=O) groups excluding carboxylic acids is 2. The number of likely N-dealkylation sites (tertiary alicyclic amines) is 1. The highest BCUT2D eigenvalue weighted by Gasteiger charge is 2.49. The van der Waals surface area contributed by atoms with E-state index in [0.717, 1.165) is 54.7 Å². The van der Waals surface area contributed by atoms with Crippen LogP contribution in [0.1, 0.15) is 69.2 Å². The highest BCUT2D eigenvalue weighted by atomic mass is 16.5. The van der Waals surface area contributed by atoms with Crippen LogP contribution in [0.4, 0.5) is 0 Å². The molecule has 34 heavy (non-hydrogen) atoms. The van der Waals surface area contributed by atoms with E-state index >= 15 is 0 Å². The van der Waals surface area contributed by atoms with Crippen LogP contribution in [0.2, 0.25) is 0 Å². The second-order valence-corrected chi connectivity index (χ2v) is 9.84. The van der Waals surface area contributed by atoms with Crippen LogP contribution in [-0.2, 0) is 16.0 Å². The molecule has 2 unspecified atom stereocenters. The number of fused-ring (bicyclic) bond motifs is 1. The van der Waals surface area contributed by atoms with Crippen molar-refractivity contribution in [1.29, 1.82) is 0 Å². The van der Waals surface area contributed by atoms with Gasteiger partial charge in [-0.1, -0.05) is 25.0 Å². The van der Waals surface area contributed by atoms with E-state index < -0.39 is 17.7 Å². The first-order chi connectivity index (χ1) is 16.3. The van der Waals surface area contributed by atoms with Crippen LogP contribution >= 0.6 is 0 Å². The van der Waals surface area contributed by atoms with Crippen LogP contribution < -0.4 is 9.47 Å². The Hall–Kier alpha value is -3.28. The van der Waals surface area contributed by atoms with E-state index in [9.17, 15) is 14.7 Å². The molecule has 6 nitrogen and oxygen atoms in total. The fourth-order valence-corrected chi connectivity index (χ4v) is 5.46. The molecule has 0 aromatic heterocycles. The summed E-state index contributed by atoms with van der Waals surface area (Å²) < 4.78 is 11.6. The number of ketones is 1. The summed E-state index contributed by atoms with van der Waals surface area (Å²) in [7, 11) is 0. The normalized spacial score (nSPS) is 24.1. The molecule has 1 saturated heterocycles. The Morgan fingerprint density at radius 2 is 1.79 bits per heavy atom. The Bertz CT molecular complexity index is 1140. The fraction of sp³-hybridized carbons (Fsp3) is 0.429. The average molecular weight is 462 g/mol. The van der Waals surface area contributed by atoms with Crippen LogP contribution in [0.5, 0.6) is 11.5 Å². The van der Waals surface area contributed by atoms with Crippen molar-refractivity contribution in [3.63, 3.8) is 0 Å². The van der Waals surface area contributed by atoms with Crippen molar-refractivity contribution >= 4 is 17.4 Å². The molecule has 2 aliphatic heterocycles. The monoisotopic (exact) mass is 461 g/mol. The van der Waals surface area contributed by atoms with Gasteiger partial charge >= 0.3 is 0 Å². The zero-order valence-corrected chi connectivity index (χ0v) is 19.9. The molecule has 178 valence electrons. The zero-order valence-electron chi connectivity index (χ0n) is 19.9. The van der Waals surface area contributed by atoms with Gasteiger partial charge in [-0.2, -0.15) is 0 Å². The van der Waals surface area contributed by atoms with Crippen LogP contribution in [-0.4, -0.2) is 39.9 Å². The Morgan fingerprint density at radius 1 is 1.09 bits per heavy atom. The van der Waals surface area contributed by atoms with Gasteiger partial charge in [-0.15, -0.1) is 0 Å². The van der Waals surface area contributed by atoms with Crippen molar-refractivity contribution in [3.8, 4) is 11.5 Å². The first-order valence-corrected chi connectivity index (χ1v) is 12.2. The molecule has 2 heterocycles. The molecule has 2 fully saturated rings. The van der Waals surface area contributed by atoms with Gasteiger partial charge < -0.3 is 19.5 Å². The van der Waals surface area contributed by atoms with Crippen molar-refractivity contribution in [1.82, 2.24) is 4.90 Å². The largest absolute Gasteiger partial charge is 0.507 e. The van der Waals surface area contributed by atoms with Crippen LogP contribution in [0, 0.1) is 0 Å². The predicted octanol–water partition coefficient (Wildman–Crippen LogP) is 5.16. The number of benzene rings is 2. The molecule has 0 radical (unpaired) electrons. The number of Topliss-reactive ketones (excluding diaryl/α,β-unsaturated/α-hetero) is 1. The highest BCUT2D eigenvalue weighted by molar-refractivity contribution is 6.46. The maximum atomic E-state index is 13.3. The standard InChI is InChI=1S/C28H31NO5/c1-16(2)33-22-11-8-18(9-12-22)25-24(27(31)28(32)29(25)21-6-4-5-7-21)26(30)19-10-13-23-20(15-19)14-17(3)34-23/h8-13,15-17,21,25,30H,4-7,14H2,1-3H3/b26-24-. The number of hydrogen-bond acceptors (Lipinski definition) is 5. The summed E-state index contributed by atoms with van der Waals surface area (Å²) in [5.74, 6) is 0.242. The molecule has 2 aromatic carbocycles. The van der Waals surface area contributed by atoms with Gasteiger partial charge in [0, 0.05) is 18.0 Å². The SMILES string of the molecule is CC(C)Oc1ccc(C2/C(=C(/O)c3ccc4c(c3)CC(C)O4)C(=O)C(=O)N2C2CCCC2)cc1. The average Bonchev–Trinajstić information content (AvgIpc) is 3.51. The molecule has 1 N–H and O–H groups in total. The number of nitrogens with zero attached hydrogens (tertiary/aromatic N) is 1. The molecule has 6 heteroatoms. The molecule has 0 spiro atoms. The van der Waals surface area contributed by atoms with Crippen molar-refractivity contribution < 1.29 is 24.2 Å². The number of rotatable bonds is 5. The fourth-order valence-electron chi connectivity index (χ4n) is 5.46. The number of hydrogen-bond donors (Lipinski definition) is 1. The minimum atomic E-state index is -0.625. The van der Waals surface area contributed by atoms with Crippen molar-refractivity contribution in [2.75, 3.05) is 0 Å². The lowest BCUT2D eigenvalue weighted by Gasteiger charge is -2.31. The van der Waals surface area contributed by atoms with Crippen LogP contribution in [0.15, 0.2) is 48.0 Å². The maximum absolute atomic E-state index is 13.3. The molecule has 0 bridgehead atoms. The van der Waals surface area contributed by atoms with Crippen molar-refractivity contribution in [2.24, 2.45) is 0 Å². The van der Waals surface area contributed by atoms with E-state index in [1.807, 2.05) is 57.2 Å². The molecular weight excluding hydrogens is 430 g/mol. The molecule has 1 aliphatic carbocycles. The molecular formula is C28H31NO5. The summed E-state index contributed by atoms with van der Waals surface area (Å²) in [4.78, 5) is 28.3. The Labute approximate surface area is 200 Å². The van der Waals surface area contributed by atoms with E-state index in [1.165, 1.54) is 0 Å². The topological polar surface area (TPSA) is 76.1 Å². The van der Waals surface area contributed by atoms with Crippen molar-refractivity contribution in [2.45, 2.75) is 77.2 Å². The summed E-state index contributed by atoms with van der Waals surface area (Å²) in [6, 6.07) is 12.3. The lowest BCUT2D eigenvalue weighted by molar-refractivity contribution is -0.141. The predicted molar refractivity (Wildman–Crippen MR) is 129 cm³/mol. The smallest absolute Gasteiger partial charge is 0.295 e. The number of aliphatic hydroxyl groups excluding tert-OH is 1. The minimum absolute atomic E-state index is 0.00684. The Morgan fingerprint density at radius 3 is 2.47 bits per heavy atom. The maximum Gasteiger partial charge on any atom is 0.295 e. The van der Waals surface area contributed by atoms with E-state index in [2.05, 4.69) is 0 Å². The van der Waals surface area contributed by atoms with Gasteiger partial charge in [0.05, 0.1) is 17.7 Å². The third kappa shape index (κ3) is 3.95. The second-order valence-electron chi connectivity index (χ2n) is 9.84. The number of aliphatic hydroxyl groups is 1. The van der Waals surface area contributed by atoms with Gasteiger partial charge in [-0.25, -0.2) is 0 Å². The van der Waals surface area contributed by atoms with Crippen molar-refractivity contribution in [3.05, 3.63) is 64.7 Å². The van der Waals surface area contributed by atoms with E-state index in [4.69, 9.17) is 9.47 Å².